The van der Waals surface area contributed by atoms with Crippen LogP contribution in [0.1, 0.15) is 58.3 Å². The Hall–Kier alpha value is -4.14. The predicted octanol–water partition coefficient (Wildman–Crippen LogP) is 3.77. The summed E-state index contributed by atoms with van der Waals surface area (Å²) in [6, 6.07) is 14.0. The zero-order chi connectivity index (χ0) is 28.1. The maximum atomic E-state index is 13.2. The molecule has 41 heavy (non-hydrogen) atoms. The lowest BCUT2D eigenvalue weighted by Gasteiger charge is -2.33. The number of likely N-dealkylation sites (tertiary alicyclic amines) is 1. The first-order valence-electron chi connectivity index (χ1n) is 12.6. The second-order valence-electron chi connectivity index (χ2n) is 9.22. The minimum atomic E-state index is -0.588. The number of nitrogens with two attached hydrogens (primary N) is 1. The van der Waals surface area contributed by atoms with E-state index < -0.39 is 11.9 Å². The van der Waals surface area contributed by atoms with Gasteiger partial charge in [-0.3, -0.25) is 9.69 Å². The summed E-state index contributed by atoms with van der Waals surface area (Å²) in [5, 5.41) is 19.7. The first-order chi connectivity index (χ1) is 19.4. The van der Waals surface area contributed by atoms with Crippen LogP contribution in [0.3, 0.4) is 0 Å². The smallest absolute Gasteiger partial charge is 0.343 e. The van der Waals surface area contributed by atoms with Gasteiger partial charge in [-0.15, -0.1) is 17.5 Å². The van der Waals surface area contributed by atoms with Crippen molar-refractivity contribution < 1.29 is 19.0 Å². The maximum Gasteiger partial charge on any atom is 0.343 e. The Labute approximate surface area is 249 Å². The van der Waals surface area contributed by atoms with Gasteiger partial charge in [0.15, 0.2) is 5.69 Å². The first kappa shape index (κ1) is 29.8. The molecule has 1 fully saturated rings. The van der Waals surface area contributed by atoms with Gasteiger partial charge in [-0.1, -0.05) is 45.8 Å². The number of nitrogen functional groups attached to an aromatic ring is 1. The van der Waals surface area contributed by atoms with Crippen LogP contribution in [-0.2, 0) is 6.54 Å². The van der Waals surface area contributed by atoms with Crippen molar-refractivity contribution in [2.24, 2.45) is 5.10 Å². The van der Waals surface area contributed by atoms with E-state index >= 15 is 0 Å². The zero-order valence-electron chi connectivity index (χ0n) is 21.9. The molecule has 0 bridgehead atoms. The minimum absolute atomic E-state index is 0. The molecular weight excluding hydrogens is 618 g/mol. The molecule has 0 spiro atoms. The monoisotopic (exact) mass is 643 g/mol. The molecule has 5 rings (SSSR count). The number of halogens is 2. The summed E-state index contributed by atoms with van der Waals surface area (Å²) < 4.78 is 12.4. The maximum absolute atomic E-state index is 13.2. The fourth-order valence-corrected chi connectivity index (χ4v) is 4.75. The van der Waals surface area contributed by atoms with Crippen LogP contribution in [-0.4, -0.2) is 60.9 Å². The normalized spacial score (nSPS) is 15.4. The fourth-order valence-electron chi connectivity index (χ4n) is 4.37. The van der Waals surface area contributed by atoms with E-state index in [2.05, 4.69) is 58.9 Å². The van der Waals surface area contributed by atoms with Crippen molar-refractivity contribution in [2.75, 3.05) is 12.3 Å². The van der Waals surface area contributed by atoms with Gasteiger partial charge in [-0.25, -0.2) is 14.8 Å². The lowest BCUT2D eigenvalue weighted by Crippen LogP contribution is -2.38. The molecule has 1 aliphatic heterocycles. The first-order valence-corrected chi connectivity index (χ1v) is 13.4. The Morgan fingerprint density at radius 2 is 2.02 bits per heavy atom. The number of carbonyl (C=O) groups excluding carboxylic acids is 2. The van der Waals surface area contributed by atoms with Gasteiger partial charge in [0.1, 0.15) is 5.75 Å². The molecule has 1 aliphatic rings. The zero-order valence-corrected chi connectivity index (χ0v) is 24.3. The average Bonchev–Trinajstić information content (AvgIpc) is 3.57. The molecule has 15 heteroatoms. The molecule has 0 saturated carbocycles. The molecule has 13 nitrogen and oxygen atoms in total. The topological polar surface area (TPSA) is 167 Å². The van der Waals surface area contributed by atoms with Crippen molar-refractivity contribution in [1.82, 2.24) is 35.6 Å². The third kappa shape index (κ3) is 6.96. The molecule has 2 aromatic heterocycles. The van der Waals surface area contributed by atoms with E-state index in [1.54, 1.807) is 42.5 Å². The van der Waals surface area contributed by atoms with Crippen LogP contribution in [0.15, 0.2) is 62.7 Å². The number of anilines is 1. The molecule has 2 aromatic carbocycles. The van der Waals surface area contributed by atoms with Gasteiger partial charge in [0.25, 0.3) is 5.91 Å². The third-order valence-electron chi connectivity index (χ3n) is 6.52. The Morgan fingerprint density at radius 1 is 1.22 bits per heavy atom. The van der Waals surface area contributed by atoms with E-state index in [1.807, 2.05) is 6.07 Å². The van der Waals surface area contributed by atoms with Crippen molar-refractivity contribution in [3.05, 3.63) is 75.5 Å². The quantitative estimate of drug-likeness (QED) is 0.125. The van der Waals surface area contributed by atoms with E-state index in [-0.39, 0.29) is 35.5 Å². The highest BCUT2D eigenvalue weighted by Crippen LogP contribution is 2.24. The van der Waals surface area contributed by atoms with Gasteiger partial charge in [-0.05, 0) is 67.0 Å². The van der Waals surface area contributed by atoms with Crippen LogP contribution < -0.4 is 15.9 Å². The summed E-state index contributed by atoms with van der Waals surface area (Å²) in [5.41, 5.74) is 9.79. The Balaban J connectivity index is 0.00000387. The largest absolute Gasteiger partial charge is 0.422 e. The number of hydrogen-bond acceptors (Lipinski definition) is 11. The number of hydrogen-bond donors (Lipinski definition) is 2. The summed E-state index contributed by atoms with van der Waals surface area (Å²) in [6.07, 6.45) is 4.63. The molecule has 1 unspecified atom stereocenters. The number of nitrogens with one attached hydrogen (secondary N) is 1. The highest BCUT2D eigenvalue weighted by atomic mass is 79.9. The van der Waals surface area contributed by atoms with E-state index in [4.69, 9.17) is 15.1 Å². The Bertz CT molecular complexity index is 1540. The number of aromatic nitrogens is 5. The fraction of sp³-hybridized carbons (Fsp3) is 0.269. The molecule has 0 radical (unpaired) electrons. The molecule has 1 amide bonds. The second-order valence-corrected chi connectivity index (χ2v) is 10.1. The van der Waals surface area contributed by atoms with Crippen LogP contribution in [0.5, 0.6) is 5.75 Å². The summed E-state index contributed by atoms with van der Waals surface area (Å²) >= 11 is 3.41. The number of benzene rings is 2. The van der Waals surface area contributed by atoms with Gasteiger partial charge in [0.2, 0.25) is 11.6 Å². The van der Waals surface area contributed by atoms with Crippen LogP contribution in [0.25, 0.3) is 5.82 Å². The molecule has 214 valence electrons. The standard InChI is InChI=1S/C26H26BrN9O4.ClH/c1-16-7-5-6-12-35(16)15-20-22(30-34-36(20)24-23(28)32-40-33-24)25(37)31-29-14-18-13-19(27)10-11-21(18)39-26(38)17-8-3-2-4-9-17;/h2-4,8-11,13-14,16H,5-7,12,15H2,1H3,(H2,28,32)(H,31,37);1H/b29-14-;. The summed E-state index contributed by atoms with van der Waals surface area (Å²) in [6.45, 7) is 3.40. The predicted molar refractivity (Wildman–Crippen MR) is 155 cm³/mol. The Kier molecular flexibility index (Phi) is 9.81. The average molecular weight is 645 g/mol. The molecule has 0 aliphatic carbocycles. The van der Waals surface area contributed by atoms with Crippen LogP contribution >= 0.6 is 28.3 Å². The minimum Gasteiger partial charge on any atom is -0.422 e. The van der Waals surface area contributed by atoms with Gasteiger partial charge >= 0.3 is 5.97 Å². The number of ether oxygens (including phenoxy) is 1. The Morgan fingerprint density at radius 3 is 2.76 bits per heavy atom. The van der Waals surface area contributed by atoms with Crippen molar-refractivity contribution in [1.29, 1.82) is 0 Å². The summed E-state index contributed by atoms with van der Waals surface area (Å²) in [7, 11) is 0. The van der Waals surface area contributed by atoms with Crippen molar-refractivity contribution >= 4 is 52.2 Å². The second kappa shape index (κ2) is 13.5. The van der Waals surface area contributed by atoms with Gasteiger partial charge in [0.05, 0.1) is 17.5 Å². The van der Waals surface area contributed by atoms with E-state index in [1.165, 1.54) is 10.9 Å². The summed E-state index contributed by atoms with van der Waals surface area (Å²) in [4.78, 5) is 28.0. The highest BCUT2D eigenvalue weighted by Gasteiger charge is 2.28. The van der Waals surface area contributed by atoms with Crippen LogP contribution in [0, 0.1) is 0 Å². The lowest BCUT2D eigenvalue weighted by atomic mass is 10.0. The highest BCUT2D eigenvalue weighted by molar-refractivity contribution is 9.10. The SMILES string of the molecule is CC1CCCCN1Cc1c(C(=O)N/N=C\c2cc(Br)ccc2OC(=O)c2ccccc2)nnn1-c1nonc1N.Cl. The van der Waals surface area contributed by atoms with E-state index in [0.29, 0.717) is 29.4 Å². The number of piperidine rings is 1. The van der Waals surface area contributed by atoms with Crippen LogP contribution in [0.4, 0.5) is 5.82 Å². The number of hydrazone groups is 1. The van der Waals surface area contributed by atoms with Crippen molar-refractivity contribution in [3.63, 3.8) is 0 Å². The number of nitrogens with zero attached hydrogens (tertiary/aromatic N) is 7. The number of rotatable bonds is 8. The van der Waals surface area contributed by atoms with E-state index in [0.717, 1.165) is 30.3 Å². The van der Waals surface area contributed by atoms with Crippen molar-refractivity contribution in [3.8, 4) is 11.6 Å². The number of carbonyl (C=O) groups is 2. The molecule has 1 atom stereocenters. The number of esters is 1. The molecule has 3 N–H and O–H groups in total. The van der Waals surface area contributed by atoms with Gasteiger partial charge in [0, 0.05) is 22.6 Å². The molecule has 4 aromatic rings. The van der Waals surface area contributed by atoms with Crippen molar-refractivity contribution in [2.45, 2.75) is 38.8 Å². The third-order valence-corrected chi connectivity index (χ3v) is 7.01. The molecular formula is C26H27BrClN9O4. The lowest BCUT2D eigenvalue weighted by molar-refractivity contribution is 0.0734. The molecule has 1 saturated heterocycles. The van der Waals surface area contributed by atoms with E-state index in [9.17, 15) is 9.59 Å². The van der Waals surface area contributed by atoms with Gasteiger partial charge in [-0.2, -0.15) is 9.78 Å². The summed E-state index contributed by atoms with van der Waals surface area (Å²) in [5.74, 6) is -0.662. The van der Waals surface area contributed by atoms with Gasteiger partial charge < -0.3 is 10.5 Å². The molecule has 3 heterocycles. The number of amides is 1. The van der Waals surface area contributed by atoms with Crippen LogP contribution in [0.2, 0.25) is 0 Å².